The number of hydrogen-bond donors (Lipinski definition) is 16. The highest BCUT2D eigenvalue weighted by atomic mass is 16.4. The normalized spacial score (nSPS) is 17.6. The first kappa shape index (κ1) is 79.1. The van der Waals surface area contributed by atoms with Crippen molar-refractivity contribution in [3.05, 3.63) is 65.7 Å². The van der Waals surface area contributed by atoms with Gasteiger partial charge in [-0.2, -0.15) is 0 Å². The van der Waals surface area contributed by atoms with Crippen molar-refractivity contribution in [3.63, 3.8) is 0 Å². The van der Waals surface area contributed by atoms with Crippen LogP contribution >= 0.6 is 0 Å². The number of nitrogens with zero attached hydrogens (tertiary/aromatic N) is 2. The van der Waals surface area contributed by atoms with Crippen LogP contribution in [0.25, 0.3) is 0 Å². The molecular weight excluding hydrogens is 1250 g/mol. The van der Waals surface area contributed by atoms with E-state index < -0.39 is 187 Å². The van der Waals surface area contributed by atoms with Crippen molar-refractivity contribution in [2.24, 2.45) is 35.0 Å². The summed E-state index contributed by atoms with van der Waals surface area (Å²) < 4.78 is 0. The molecule has 0 aliphatic carbocycles. The number of primary amides is 1. The lowest BCUT2D eigenvalue weighted by Gasteiger charge is -2.32. The highest BCUT2D eigenvalue weighted by molar-refractivity contribution is 6.00. The van der Waals surface area contributed by atoms with E-state index in [0.717, 1.165) is 9.80 Å². The van der Waals surface area contributed by atoms with Crippen LogP contribution in [0.5, 0.6) is 5.75 Å². The lowest BCUT2D eigenvalue weighted by atomic mass is 10.0. The first-order valence-corrected chi connectivity index (χ1v) is 32.2. The van der Waals surface area contributed by atoms with Crippen molar-refractivity contribution >= 4 is 82.8 Å². The second-order valence-corrected chi connectivity index (χ2v) is 25.3. The van der Waals surface area contributed by atoms with Crippen LogP contribution in [0.1, 0.15) is 124 Å². The summed E-state index contributed by atoms with van der Waals surface area (Å²) in [4.78, 5) is 192. The van der Waals surface area contributed by atoms with Gasteiger partial charge in [0.15, 0.2) is 0 Å². The van der Waals surface area contributed by atoms with Crippen LogP contribution in [0.2, 0.25) is 0 Å². The van der Waals surface area contributed by atoms with Crippen molar-refractivity contribution in [1.29, 1.82) is 0 Å². The number of likely N-dealkylation sites (tertiary alicyclic amines) is 2. The van der Waals surface area contributed by atoms with Crippen LogP contribution in [0.3, 0.4) is 0 Å². The molecule has 0 bridgehead atoms. The first-order valence-electron chi connectivity index (χ1n) is 32.2. The topological polar surface area (TPSA) is 513 Å². The molecule has 2 aromatic carbocycles. The Kier molecular flexibility index (Phi) is 31.6. The lowest BCUT2D eigenvalue weighted by Crippen LogP contribution is -2.62. The number of phenols is 1. The summed E-state index contributed by atoms with van der Waals surface area (Å²) in [6, 6.07) is -1.52. The Morgan fingerprint density at radius 1 is 0.542 bits per heavy atom. The number of benzene rings is 2. The maximum atomic E-state index is 14.5. The molecular formula is C64H96N14O18. The van der Waals surface area contributed by atoms with Gasteiger partial charge in [-0.05, 0) is 106 Å². The zero-order chi connectivity index (χ0) is 71.7. The van der Waals surface area contributed by atoms with Crippen molar-refractivity contribution in [2.45, 2.75) is 198 Å². The monoisotopic (exact) mass is 1350 g/mol. The molecule has 2 aliphatic rings. The predicted octanol–water partition coefficient (Wildman–Crippen LogP) is -3.22. The van der Waals surface area contributed by atoms with Gasteiger partial charge in [0.05, 0.1) is 31.5 Å². The number of nitrogens with one attached hydrogen (secondary N) is 9. The second-order valence-electron chi connectivity index (χ2n) is 25.3. The quantitative estimate of drug-likeness (QED) is 0.0294. The minimum Gasteiger partial charge on any atom is -0.508 e. The number of aliphatic carboxylic acids is 2. The van der Waals surface area contributed by atoms with Gasteiger partial charge >= 0.3 is 11.9 Å². The Bertz CT molecular complexity index is 3060. The average molecular weight is 1350 g/mol. The van der Waals surface area contributed by atoms with E-state index >= 15 is 0 Å². The van der Waals surface area contributed by atoms with Gasteiger partial charge in [0.25, 0.3) is 0 Å². The molecule has 96 heavy (non-hydrogen) atoms. The summed E-state index contributed by atoms with van der Waals surface area (Å²) in [6.45, 7) is 10.7. The van der Waals surface area contributed by atoms with Crippen LogP contribution in [0.15, 0.2) is 54.6 Å². The molecule has 12 amide bonds. The van der Waals surface area contributed by atoms with Gasteiger partial charge in [-0.3, -0.25) is 62.3 Å². The summed E-state index contributed by atoms with van der Waals surface area (Å²) >= 11 is 0. The highest BCUT2D eigenvalue weighted by Gasteiger charge is 2.44. The fourth-order valence-electron chi connectivity index (χ4n) is 11.1. The molecule has 2 saturated heterocycles. The SMILES string of the molecule is CC(C)C[C@H](NC(=O)[C@H](Cc1ccc(O)cc1)NC(=O)[C@@H]1CCCN1C(=O)[C@H](CC(N)=O)NC(=O)[C@H](Cc1ccccc1)NC(=O)[C@@H](N)CC(=O)O)C(=O)NCC(=O)N[C@H](C(=O)N[C@H](C(=O)N1CCC[C@H]1C(=O)N[C@H](C(=O)N[C@@H](CCCCN)C(=O)O)C(C)C)C(C)O)C(C)C. The Morgan fingerprint density at radius 2 is 1.04 bits per heavy atom. The minimum absolute atomic E-state index is 0.00981. The van der Waals surface area contributed by atoms with Gasteiger partial charge in [0.1, 0.15) is 66.2 Å². The van der Waals surface area contributed by atoms with Crippen LogP contribution in [0, 0.1) is 17.8 Å². The Morgan fingerprint density at radius 3 is 1.56 bits per heavy atom. The molecule has 19 N–H and O–H groups in total. The zero-order valence-corrected chi connectivity index (χ0v) is 55.3. The smallest absolute Gasteiger partial charge is 0.326 e. The van der Waals surface area contributed by atoms with E-state index in [9.17, 15) is 87.5 Å². The van der Waals surface area contributed by atoms with E-state index in [2.05, 4.69) is 47.9 Å². The number of carbonyl (C=O) groups excluding carboxylic acids is 12. The number of carboxylic acids is 2. The molecule has 0 radical (unpaired) electrons. The molecule has 0 aromatic heterocycles. The van der Waals surface area contributed by atoms with Crippen LogP contribution in [-0.4, -0.2) is 212 Å². The summed E-state index contributed by atoms with van der Waals surface area (Å²) in [5.41, 5.74) is 17.9. The standard InChI is InChI=1S/C64H96N14O18/c1-33(2)27-42(55(86)68-32-49(82)74-51(34(3)4)61(92)76-53(36(7)79)63(94)78-26-14-19-47(78)59(90)75-52(35(5)6)60(91)69-41(64(95)96)17-11-12-24-65)71-56(87)44(29-38-20-22-39(80)23-21-38)72-58(89)46-18-13-25-77(46)62(93)45(31-48(67)81)73-57(88)43(28-37-15-9-8-10-16-37)70-54(85)40(66)30-50(83)84/h8-10,15-16,20-23,33-36,40-47,51-53,79-80H,11-14,17-19,24-32,65-66H2,1-7H3,(H2,67,81)(H,68,86)(H,69,91)(H,70,85)(H,71,87)(H,72,89)(H,73,88)(H,74,82)(H,75,90)(H,76,92)(H,83,84)(H,95,96)/t36?,40-,41-,42-,43-,44-,45-,46-,47-,51-,52-,53-/m0/s1. The summed E-state index contributed by atoms with van der Waals surface area (Å²) in [6.07, 6.45) is -1.66. The number of phenolic OH excluding ortho intramolecular Hbond substituents is 1. The highest BCUT2D eigenvalue weighted by Crippen LogP contribution is 2.23. The largest absolute Gasteiger partial charge is 0.508 e. The zero-order valence-electron chi connectivity index (χ0n) is 55.3. The van der Waals surface area contributed by atoms with Crippen molar-refractivity contribution in [3.8, 4) is 5.75 Å². The number of unbranched alkanes of at least 4 members (excludes halogenated alkanes) is 1. The third-order valence-corrected chi connectivity index (χ3v) is 16.2. The number of rotatable bonds is 38. The third-order valence-electron chi connectivity index (χ3n) is 16.2. The van der Waals surface area contributed by atoms with Crippen LogP contribution in [0.4, 0.5) is 0 Å². The fourth-order valence-corrected chi connectivity index (χ4v) is 11.1. The number of hydrogen-bond acceptors (Lipinski definition) is 18. The van der Waals surface area contributed by atoms with Gasteiger partial charge in [-0.25, -0.2) is 4.79 Å². The molecule has 0 spiro atoms. The number of aromatic hydroxyl groups is 1. The van der Waals surface area contributed by atoms with Crippen LogP contribution < -0.4 is 65.1 Å². The number of nitrogens with two attached hydrogens (primary N) is 3. The van der Waals surface area contributed by atoms with Gasteiger partial charge in [0.2, 0.25) is 70.9 Å². The molecule has 2 fully saturated rings. The number of aliphatic hydroxyl groups excluding tert-OH is 1. The molecule has 2 aliphatic heterocycles. The maximum Gasteiger partial charge on any atom is 0.326 e. The van der Waals surface area contributed by atoms with Crippen molar-refractivity contribution in [1.82, 2.24) is 57.7 Å². The van der Waals surface area contributed by atoms with Crippen molar-refractivity contribution in [2.75, 3.05) is 26.2 Å². The minimum atomic E-state index is -1.70. The average Bonchev–Trinajstić information content (AvgIpc) is 1.60. The summed E-state index contributed by atoms with van der Waals surface area (Å²) in [7, 11) is 0. The van der Waals surface area contributed by atoms with E-state index in [1.54, 1.807) is 71.9 Å². The predicted molar refractivity (Wildman–Crippen MR) is 345 cm³/mol. The van der Waals surface area contributed by atoms with Gasteiger partial charge in [-0.15, -0.1) is 0 Å². The Balaban J connectivity index is 1.48. The molecule has 0 saturated carbocycles. The van der Waals surface area contributed by atoms with E-state index in [1.807, 2.05) is 0 Å². The number of carbonyl (C=O) groups is 14. The number of aliphatic hydroxyl groups is 1. The third kappa shape index (κ3) is 24.8. The first-order chi connectivity index (χ1) is 45.2. The fraction of sp³-hybridized carbons (Fsp3) is 0.594. The van der Waals surface area contributed by atoms with Crippen molar-refractivity contribution < 1.29 is 87.5 Å². The summed E-state index contributed by atoms with van der Waals surface area (Å²) in [5, 5.41) is 62.8. The van der Waals surface area contributed by atoms with Gasteiger partial charge < -0.3 is 95.3 Å². The van der Waals surface area contributed by atoms with Crippen LogP contribution in [-0.2, 0) is 80.0 Å². The number of carboxylic acid groups (broad SMARTS) is 2. The molecule has 12 atom stereocenters. The molecule has 1 unspecified atom stereocenters. The Hall–Kier alpha value is -9.30. The molecule has 2 heterocycles. The lowest BCUT2D eigenvalue weighted by molar-refractivity contribution is -0.145. The van der Waals surface area contributed by atoms with Gasteiger partial charge in [0, 0.05) is 25.9 Å². The summed E-state index contributed by atoms with van der Waals surface area (Å²) in [5.74, 6) is -14.9. The van der Waals surface area contributed by atoms with E-state index in [4.69, 9.17) is 17.2 Å². The van der Waals surface area contributed by atoms with E-state index in [-0.39, 0.29) is 69.7 Å². The van der Waals surface area contributed by atoms with Gasteiger partial charge in [-0.1, -0.05) is 84.0 Å². The molecule has 32 heteroatoms. The Labute approximate surface area is 556 Å². The maximum absolute atomic E-state index is 14.5. The van der Waals surface area contributed by atoms with E-state index in [0.29, 0.717) is 36.9 Å². The second kappa shape index (κ2) is 38.3. The molecule has 2 aromatic rings. The molecule has 32 nitrogen and oxygen atoms in total. The number of amides is 12. The molecule has 530 valence electrons. The van der Waals surface area contributed by atoms with E-state index in [1.165, 1.54) is 31.2 Å². The molecule has 4 rings (SSSR count).